The number of anilines is 1. The number of nitrogens with zero attached hydrogens (tertiary/aromatic N) is 2. The lowest BCUT2D eigenvalue weighted by atomic mass is 9.78. The Labute approximate surface area is 154 Å². The van der Waals surface area contributed by atoms with E-state index in [1.165, 1.54) is 32.1 Å². The highest BCUT2D eigenvalue weighted by atomic mass is 16.1. The summed E-state index contributed by atoms with van der Waals surface area (Å²) in [6.07, 6.45) is 8.08. The Bertz CT molecular complexity index is 825. The number of amides is 1. The third kappa shape index (κ3) is 3.30. The van der Waals surface area contributed by atoms with Crippen molar-refractivity contribution in [2.24, 2.45) is 0 Å². The average Bonchev–Trinajstić information content (AvgIpc) is 2.66. The van der Waals surface area contributed by atoms with Crippen LogP contribution in [-0.4, -0.2) is 28.5 Å². The van der Waals surface area contributed by atoms with E-state index in [1.54, 1.807) is 0 Å². The molecule has 1 amide bonds. The number of nitrogens with one attached hydrogen (secondary N) is 2. The second-order valence-electron chi connectivity index (χ2n) is 8.07. The highest BCUT2D eigenvalue weighted by Crippen LogP contribution is 2.33. The minimum Gasteiger partial charge on any atom is -0.351 e. The first kappa shape index (κ1) is 17.0. The lowest BCUT2D eigenvalue weighted by molar-refractivity contribution is 0.0930. The van der Waals surface area contributed by atoms with Crippen LogP contribution in [0.15, 0.2) is 30.5 Å². The van der Waals surface area contributed by atoms with Gasteiger partial charge in [-0.2, -0.15) is 0 Å². The molecule has 0 unspecified atom stereocenters. The lowest BCUT2D eigenvalue weighted by Crippen LogP contribution is -2.43. The van der Waals surface area contributed by atoms with Crippen LogP contribution in [0.2, 0.25) is 0 Å². The van der Waals surface area contributed by atoms with Crippen molar-refractivity contribution in [1.82, 2.24) is 15.3 Å². The lowest BCUT2D eigenvalue weighted by Gasteiger charge is -2.32. The number of fused-ring (bicyclic) bond motifs is 1. The fraction of sp³-hybridized carbons (Fsp3) is 0.476. The van der Waals surface area contributed by atoms with Crippen molar-refractivity contribution in [3.8, 4) is 11.3 Å². The van der Waals surface area contributed by atoms with Crippen LogP contribution in [-0.2, 0) is 5.41 Å². The Balaban J connectivity index is 1.63. The molecule has 1 saturated carbocycles. The highest BCUT2D eigenvalue weighted by Gasteiger charge is 2.31. The molecule has 5 nitrogen and oxygen atoms in total. The summed E-state index contributed by atoms with van der Waals surface area (Å²) in [4.78, 5) is 21.3. The predicted octanol–water partition coefficient (Wildman–Crippen LogP) is 3.91. The van der Waals surface area contributed by atoms with Gasteiger partial charge in [-0.3, -0.25) is 4.79 Å². The summed E-state index contributed by atoms with van der Waals surface area (Å²) in [5.41, 5.74) is 3.68. The fourth-order valence-corrected chi connectivity index (χ4v) is 3.97. The van der Waals surface area contributed by atoms with Crippen molar-refractivity contribution < 1.29 is 4.79 Å². The van der Waals surface area contributed by atoms with Crippen LogP contribution in [0.4, 0.5) is 5.95 Å². The topological polar surface area (TPSA) is 66.9 Å². The van der Waals surface area contributed by atoms with E-state index in [4.69, 9.17) is 4.98 Å². The Kier molecular flexibility index (Phi) is 4.39. The van der Waals surface area contributed by atoms with Crippen LogP contribution in [0.25, 0.3) is 11.3 Å². The van der Waals surface area contributed by atoms with Gasteiger partial charge in [0, 0.05) is 35.3 Å². The number of carbonyl (C=O) groups excluding carboxylic acids is 1. The van der Waals surface area contributed by atoms with Crippen LogP contribution >= 0.6 is 0 Å². The van der Waals surface area contributed by atoms with E-state index in [9.17, 15) is 4.79 Å². The molecule has 2 aromatic rings. The third-order valence-corrected chi connectivity index (χ3v) is 5.57. The Morgan fingerprint density at radius 2 is 1.96 bits per heavy atom. The van der Waals surface area contributed by atoms with Gasteiger partial charge in [0.05, 0.1) is 5.69 Å². The van der Waals surface area contributed by atoms with E-state index >= 15 is 0 Å². The zero-order valence-electron chi connectivity index (χ0n) is 15.5. The van der Waals surface area contributed by atoms with Gasteiger partial charge >= 0.3 is 0 Å². The van der Waals surface area contributed by atoms with E-state index in [-0.39, 0.29) is 11.3 Å². The van der Waals surface area contributed by atoms with E-state index in [1.807, 2.05) is 24.4 Å². The Morgan fingerprint density at radius 1 is 1.15 bits per heavy atom. The molecule has 5 heteroatoms. The van der Waals surface area contributed by atoms with E-state index < -0.39 is 0 Å². The number of aromatic nitrogens is 2. The molecule has 1 aromatic heterocycles. The summed E-state index contributed by atoms with van der Waals surface area (Å²) in [6, 6.07) is 8.42. The summed E-state index contributed by atoms with van der Waals surface area (Å²) in [7, 11) is 0. The van der Waals surface area contributed by atoms with Gasteiger partial charge < -0.3 is 10.6 Å². The molecular weight excluding hydrogens is 324 g/mol. The first-order chi connectivity index (χ1) is 12.5. The molecular formula is C21H26N4O. The van der Waals surface area contributed by atoms with Crippen LogP contribution in [0.1, 0.15) is 61.9 Å². The molecule has 0 spiro atoms. The molecule has 2 N–H and O–H groups in total. The molecule has 1 aliphatic heterocycles. The van der Waals surface area contributed by atoms with Crippen LogP contribution in [0, 0.1) is 0 Å². The quantitative estimate of drug-likeness (QED) is 0.881. The summed E-state index contributed by atoms with van der Waals surface area (Å²) < 4.78 is 0. The predicted molar refractivity (Wildman–Crippen MR) is 103 cm³/mol. The second-order valence-corrected chi connectivity index (χ2v) is 8.07. The smallest absolute Gasteiger partial charge is 0.251 e. The van der Waals surface area contributed by atoms with Gasteiger partial charge in [-0.05, 0) is 36.6 Å². The molecule has 1 aliphatic carbocycles. The minimum atomic E-state index is -0.0878. The number of hydrogen-bond donors (Lipinski definition) is 2. The van der Waals surface area contributed by atoms with Gasteiger partial charge in [0.2, 0.25) is 5.95 Å². The molecule has 0 saturated heterocycles. The monoisotopic (exact) mass is 350 g/mol. The molecule has 1 fully saturated rings. The zero-order valence-corrected chi connectivity index (χ0v) is 15.5. The molecule has 136 valence electrons. The zero-order chi connectivity index (χ0) is 18.1. The molecule has 26 heavy (non-hydrogen) atoms. The second kappa shape index (κ2) is 6.71. The third-order valence-electron chi connectivity index (χ3n) is 5.57. The van der Waals surface area contributed by atoms with Crippen molar-refractivity contribution in [2.75, 3.05) is 11.9 Å². The molecule has 0 radical (unpaired) electrons. The minimum absolute atomic E-state index is 0.00761. The van der Waals surface area contributed by atoms with Crippen LogP contribution < -0.4 is 10.6 Å². The highest BCUT2D eigenvalue weighted by molar-refractivity contribution is 5.98. The summed E-state index contributed by atoms with van der Waals surface area (Å²) in [6.45, 7) is 4.97. The van der Waals surface area contributed by atoms with Crippen molar-refractivity contribution in [3.05, 3.63) is 41.6 Å². The Hall–Kier alpha value is -2.43. The van der Waals surface area contributed by atoms with Gasteiger partial charge in [0.25, 0.3) is 5.91 Å². The first-order valence-corrected chi connectivity index (χ1v) is 9.56. The first-order valence-electron chi connectivity index (χ1n) is 9.56. The number of hydrogen-bond acceptors (Lipinski definition) is 4. The molecule has 0 bridgehead atoms. The average molecular weight is 350 g/mol. The summed E-state index contributed by atoms with van der Waals surface area (Å²) in [5, 5.41) is 6.46. The van der Waals surface area contributed by atoms with Crippen LogP contribution in [0.3, 0.4) is 0 Å². The van der Waals surface area contributed by atoms with Crippen LogP contribution in [0.5, 0.6) is 0 Å². The van der Waals surface area contributed by atoms with E-state index in [0.29, 0.717) is 18.5 Å². The molecule has 2 heterocycles. The van der Waals surface area contributed by atoms with Gasteiger partial charge in [-0.25, -0.2) is 9.97 Å². The van der Waals surface area contributed by atoms with Gasteiger partial charge in [0.1, 0.15) is 0 Å². The number of benzene rings is 1. The van der Waals surface area contributed by atoms with E-state index in [0.717, 1.165) is 22.4 Å². The van der Waals surface area contributed by atoms with E-state index in [2.05, 4.69) is 35.5 Å². The SMILES string of the molecule is CC1(C)CNC(=O)c2ccc(-c3ccnc(NC4CCCCC4)n3)cc21. The van der Waals surface area contributed by atoms with Crippen molar-refractivity contribution in [3.63, 3.8) is 0 Å². The van der Waals surface area contributed by atoms with Gasteiger partial charge in [-0.1, -0.05) is 39.2 Å². The normalized spacial score (nSPS) is 19.5. The number of rotatable bonds is 3. The van der Waals surface area contributed by atoms with Crippen molar-refractivity contribution in [2.45, 2.75) is 57.4 Å². The van der Waals surface area contributed by atoms with Crippen molar-refractivity contribution >= 4 is 11.9 Å². The maximum atomic E-state index is 12.1. The molecule has 0 atom stereocenters. The summed E-state index contributed by atoms with van der Waals surface area (Å²) >= 11 is 0. The summed E-state index contributed by atoms with van der Waals surface area (Å²) in [5.74, 6) is 0.706. The molecule has 1 aromatic carbocycles. The van der Waals surface area contributed by atoms with Gasteiger partial charge in [-0.15, -0.1) is 0 Å². The standard InChI is InChI=1S/C21H26N4O/c1-21(2)13-23-19(26)16-9-8-14(12-17(16)21)18-10-11-22-20(25-18)24-15-6-4-3-5-7-15/h8-12,15H,3-7,13H2,1-2H3,(H,23,26)(H,22,24,25). The molecule has 4 rings (SSSR count). The number of carbonyl (C=O) groups is 1. The Morgan fingerprint density at radius 3 is 2.77 bits per heavy atom. The maximum absolute atomic E-state index is 12.1. The van der Waals surface area contributed by atoms with Gasteiger partial charge in [0.15, 0.2) is 0 Å². The molecule has 2 aliphatic rings. The van der Waals surface area contributed by atoms with Crippen molar-refractivity contribution in [1.29, 1.82) is 0 Å². The largest absolute Gasteiger partial charge is 0.351 e. The fourth-order valence-electron chi connectivity index (χ4n) is 3.97. The maximum Gasteiger partial charge on any atom is 0.251 e.